The van der Waals surface area contributed by atoms with Gasteiger partial charge in [-0.1, -0.05) is 0 Å². The van der Waals surface area contributed by atoms with Gasteiger partial charge in [0.25, 0.3) is 0 Å². The maximum absolute atomic E-state index is 10.3. The van der Waals surface area contributed by atoms with E-state index in [4.69, 9.17) is 75.0 Å². The molecule has 0 aromatic heterocycles. The van der Waals surface area contributed by atoms with Crippen molar-refractivity contribution in [3.05, 3.63) is 0 Å². The molecule has 0 heterocycles. The molecule has 27 heteroatoms. The molecule has 0 saturated heterocycles. The Balaban J connectivity index is -0.0000000481. The largest absolute Gasteiger partial charge is 1.00 e. The first kappa shape index (κ1) is 64.8. The third-order valence-corrected chi connectivity index (χ3v) is 2.57. The summed E-state index contributed by atoms with van der Waals surface area (Å²) in [4.78, 5) is 104. The van der Waals surface area contributed by atoms with E-state index in [1.807, 2.05) is 0 Å². The van der Waals surface area contributed by atoms with E-state index >= 15 is 0 Å². The van der Waals surface area contributed by atoms with Crippen LogP contribution in [0.4, 0.5) is 4.79 Å². The molecular weight excluding hydrogens is 676 g/mol. The number of aliphatic carboxylic acids is 6. The number of carbonyl (C=O) groups is 7. The molecule has 0 radical (unpaired) electrons. The Labute approximate surface area is 373 Å². The van der Waals surface area contributed by atoms with Crippen LogP contribution >= 0.6 is 0 Å². The summed E-state index contributed by atoms with van der Waals surface area (Å²) in [5, 5.41) is 81.6. The zero-order chi connectivity index (χ0) is 29.4. The summed E-state index contributed by atoms with van der Waals surface area (Å²) >= 11 is 0. The van der Waals surface area contributed by atoms with Crippen LogP contribution in [0.25, 0.3) is 0 Å². The third kappa shape index (κ3) is 52.6. The van der Waals surface area contributed by atoms with Crippen molar-refractivity contribution in [1.82, 2.24) is 0 Å². The quantitative estimate of drug-likeness (QED) is 0.0947. The minimum atomic E-state index is -5.61. The van der Waals surface area contributed by atoms with E-state index in [2.05, 4.69) is 0 Å². The molecule has 22 nitrogen and oxygen atoms in total. The first-order chi connectivity index (χ1) is 15.3. The maximum Gasteiger partial charge on any atom is 1.00 e. The maximum atomic E-state index is 10.3. The number of hydrogen-bond donors (Lipinski definition) is 10. The molecule has 0 rings (SSSR count). The fourth-order valence-electron chi connectivity index (χ4n) is 1.43. The van der Waals surface area contributed by atoms with Crippen LogP contribution < -0.4 is 203 Å². The molecule has 12 N–H and O–H groups in total. The van der Waals surface area contributed by atoms with Crippen molar-refractivity contribution in [2.75, 3.05) is 0 Å². The molecule has 0 aliphatic heterocycles. The van der Waals surface area contributed by atoms with Crippen LogP contribution in [0.3, 0.4) is 0 Å². The number of rotatable bonds is 10. The Morgan fingerprint density at radius 1 is 0.500 bits per heavy atom. The van der Waals surface area contributed by atoms with Gasteiger partial charge in [-0.3, -0.25) is 19.2 Å². The van der Waals surface area contributed by atoms with E-state index in [9.17, 15) is 28.8 Å². The molecule has 0 aromatic carbocycles. The van der Waals surface area contributed by atoms with Crippen LogP contribution in [0.2, 0.25) is 0 Å². The second kappa shape index (κ2) is 32.3. The molecule has 0 unspecified atom stereocenters. The molecule has 0 atom stereocenters. The standard InChI is InChI=1S/2C6H8O7.CH2O3.3K.Na.O4Si.H2O/c2*7-3(8)1-6(13,5(11)12)2-4(9)10;2-1(3)4;;;;;1-5(2,3)4;/h2*13H,1-2H2,(H,7,8)(H,9,10)(H,11,12);(H2,2,3,4);;;;;;1H2/q;;;4*+1;-4;. The minimum absolute atomic E-state index is 0. The van der Waals surface area contributed by atoms with Crippen molar-refractivity contribution >= 4 is 51.0 Å². The topological polar surface area (TPSA) is 446 Å². The Morgan fingerprint density at radius 2 is 0.600 bits per heavy atom. The van der Waals surface area contributed by atoms with Gasteiger partial charge in [-0.25, -0.2) is 14.4 Å². The third-order valence-electron chi connectivity index (χ3n) is 2.57. The van der Waals surface area contributed by atoms with Gasteiger partial charge in [0, 0.05) is 0 Å². The Bertz CT molecular complexity index is 694. The van der Waals surface area contributed by atoms with Gasteiger partial charge in [0.1, 0.15) is 0 Å². The molecule has 40 heavy (non-hydrogen) atoms. The zero-order valence-corrected chi connectivity index (χ0v) is 33.7. The summed E-state index contributed by atoms with van der Waals surface area (Å²) in [6.07, 6.45) is -6.41. The molecule has 212 valence electrons. The monoisotopic (exact) mass is 696 g/mol. The van der Waals surface area contributed by atoms with Crippen molar-refractivity contribution in [3.8, 4) is 0 Å². The summed E-state index contributed by atoms with van der Waals surface area (Å²) in [7, 11) is -5.61. The Kier molecular flexibility index (Phi) is 52.4. The second-order valence-corrected chi connectivity index (χ2v) is 6.74. The molecule has 0 aliphatic rings. The van der Waals surface area contributed by atoms with Crippen LogP contribution in [0.5, 0.6) is 0 Å². The number of carboxylic acid groups (broad SMARTS) is 8. The van der Waals surface area contributed by atoms with Gasteiger partial charge in [-0.05, 0) is 0 Å². The average Bonchev–Trinajstić information content (AvgIpc) is 2.49. The molecular formula is C13H20K3NaO22Si. The SMILES string of the molecule is O.O=C(O)CC(O)(CC(=O)O)C(=O)O.O=C(O)CC(O)(CC(=O)O)C(=O)O.O=C(O)O.[K+].[K+].[K+].[Na+].[O-][Si]([O-])([O-])[O-]. The second-order valence-electron chi connectivity index (χ2n) is 5.74. The fraction of sp³-hybridized carbons (Fsp3) is 0.462. The van der Waals surface area contributed by atoms with Gasteiger partial charge < -0.3 is 84.8 Å². The Hall–Kier alpha value is 1.94. The first-order valence-electron chi connectivity index (χ1n) is 7.81. The van der Waals surface area contributed by atoms with Gasteiger partial charge in [-0.2, -0.15) is 0 Å². The van der Waals surface area contributed by atoms with E-state index in [1.54, 1.807) is 0 Å². The van der Waals surface area contributed by atoms with Gasteiger partial charge in [-0.15, -0.1) is 0 Å². The van der Waals surface area contributed by atoms with Crippen LogP contribution in [0.15, 0.2) is 0 Å². The van der Waals surface area contributed by atoms with Gasteiger partial charge >= 0.3 is 226 Å². The van der Waals surface area contributed by atoms with Gasteiger partial charge in [0.15, 0.2) is 11.2 Å². The predicted octanol–water partition coefficient (Wildman–Crippen LogP) is -20.2. The van der Waals surface area contributed by atoms with Gasteiger partial charge in [0.2, 0.25) is 0 Å². The van der Waals surface area contributed by atoms with E-state index in [1.165, 1.54) is 0 Å². The van der Waals surface area contributed by atoms with Crippen molar-refractivity contribution in [2.24, 2.45) is 0 Å². The fourth-order valence-corrected chi connectivity index (χ4v) is 1.43. The van der Waals surface area contributed by atoms with E-state index in [0.717, 1.165) is 0 Å². The molecule has 0 fully saturated rings. The predicted molar refractivity (Wildman–Crippen MR) is 94.2 cm³/mol. The van der Waals surface area contributed by atoms with Crippen molar-refractivity contribution in [1.29, 1.82) is 0 Å². The number of hydrogen-bond acceptors (Lipinski definition) is 13. The first-order valence-corrected chi connectivity index (χ1v) is 9.44. The average molecular weight is 697 g/mol. The summed E-state index contributed by atoms with van der Waals surface area (Å²) in [5.74, 6) is -10.0. The van der Waals surface area contributed by atoms with E-state index in [-0.39, 0.29) is 189 Å². The molecule has 0 spiro atoms. The molecule has 0 aromatic rings. The normalized spacial score (nSPS) is 9.15. The van der Waals surface area contributed by atoms with Crippen molar-refractivity contribution < 1.29 is 293 Å². The zero-order valence-electron chi connectivity index (χ0n) is 21.3. The van der Waals surface area contributed by atoms with Crippen LogP contribution in [0.1, 0.15) is 25.7 Å². The summed E-state index contributed by atoms with van der Waals surface area (Å²) in [5.41, 5.74) is -5.48. The summed E-state index contributed by atoms with van der Waals surface area (Å²) in [6.45, 7) is 0. The Morgan fingerprint density at radius 3 is 0.650 bits per heavy atom. The molecule has 0 saturated carbocycles. The molecule has 0 amide bonds. The smallest absolute Gasteiger partial charge is 0.894 e. The van der Waals surface area contributed by atoms with Crippen molar-refractivity contribution in [3.63, 3.8) is 0 Å². The summed E-state index contributed by atoms with van der Waals surface area (Å²) in [6, 6.07) is 0. The van der Waals surface area contributed by atoms with Crippen LogP contribution in [-0.4, -0.2) is 119 Å². The van der Waals surface area contributed by atoms with Crippen molar-refractivity contribution in [2.45, 2.75) is 36.9 Å². The minimum Gasteiger partial charge on any atom is -0.894 e. The molecule has 0 bridgehead atoms. The number of aliphatic hydroxyl groups is 2. The van der Waals surface area contributed by atoms with Crippen LogP contribution in [0, 0.1) is 0 Å². The van der Waals surface area contributed by atoms with E-state index in [0.29, 0.717) is 0 Å². The molecule has 0 aliphatic carbocycles. The van der Waals surface area contributed by atoms with Gasteiger partial charge in [0.05, 0.1) is 25.7 Å². The van der Waals surface area contributed by atoms with Crippen LogP contribution in [-0.2, 0) is 28.8 Å². The van der Waals surface area contributed by atoms with E-state index < -0.39 is 87.9 Å². The summed E-state index contributed by atoms with van der Waals surface area (Å²) < 4.78 is 0. The number of carboxylic acids is 6.